The summed E-state index contributed by atoms with van der Waals surface area (Å²) in [6, 6.07) is 5.23. The number of amides is 1. The number of nitrogens with zero attached hydrogens (tertiary/aromatic N) is 1. The Kier molecular flexibility index (Phi) is 2.98. The molecule has 1 amide bonds. The van der Waals surface area contributed by atoms with Gasteiger partial charge in [0.05, 0.1) is 11.5 Å². The monoisotopic (exact) mass is 296 g/mol. The molecule has 0 saturated carbocycles. The molecule has 3 rings (SSSR count). The van der Waals surface area contributed by atoms with Gasteiger partial charge in [0.25, 0.3) is 5.91 Å². The van der Waals surface area contributed by atoms with Gasteiger partial charge in [0.1, 0.15) is 0 Å². The van der Waals surface area contributed by atoms with Crippen LogP contribution in [0.15, 0.2) is 18.2 Å². The summed E-state index contributed by atoms with van der Waals surface area (Å²) in [5.41, 5.74) is 1.99. The number of fused-ring (bicyclic) bond motifs is 1. The third-order valence-corrected chi connectivity index (χ3v) is 5.75. The summed E-state index contributed by atoms with van der Waals surface area (Å²) in [5, 5.41) is 12.3. The Hall–Kier alpha value is -1.60. The van der Waals surface area contributed by atoms with E-state index < -0.39 is 21.8 Å². The summed E-state index contributed by atoms with van der Waals surface area (Å²) >= 11 is 0. The largest absolute Gasteiger partial charge is 0.378 e. The van der Waals surface area contributed by atoms with Crippen molar-refractivity contribution in [2.24, 2.45) is 0 Å². The average molecular weight is 296 g/mol. The number of aliphatic hydroxyl groups excluding tert-OH is 1. The Bertz CT molecular complexity index is 671. The normalized spacial score (nSPS) is 27.2. The summed E-state index contributed by atoms with van der Waals surface area (Å²) in [7, 11) is -1.08. The van der Waals surface area contributed by atoms with Gasteiger partial charge in [-0.2, -0.15) is 0 Å². The van der Waals surface area contributed by atoms with E-state index in [2.05, 4.69) is 5.32 Å². The molecule has 2 aliphatic heterocycles. The van der Waals surface area contributed by atoms with Crippen molar-refractivity contribution in [2.75, 3.05) is 28.8 Å². The first-order valence-electron chi connectivity index (χ1n) is 6.43. The third kappa shape index (κ3) is 2.16. The van der Waals surface area contributed by atoms with Gasteiger partial charge in [-0.05, 0) is 18.6 Å². The van der Waals surface area contributed by atoms with Gasteiger partial charge in [0.2, 0.25) is 0 Å². The Morgan fingerprint density at radius 2 is 2.15 bits per heavy atom. The molecule has 0 aliphatic carbocycles. The number of sulfone groups is 1. The summed E-state index contributed by atoms with van der Waals surface area (Å²) in [5.74, 6) is -0.0407. The quantitative estimate of drug-likeness (QED) is 0.819. The number of hydrogen-bond donors (Lipinski definition) is 2. The van der Waals surface area contributed by atoms with Gasteiger partial charge < -0.3 is 15.3 Å². The first-order valence-corrected chi connectivity index (χ1v) is 8.26. The smallest absolute Gasteiger partial charge is 0.257 e. The second-order valence-electron chi connectivity index (χ2n) is 5.33. The van der Waals surface area contributed by atoms with E-state index in [1.165, 1.54) is 0 Å². The fraction of sp³-hybridized carbons (Fsp3) is 0.462. The van der Waals surface area contributed by atoms with Crippen molar-refractivity contribution in [1.82, 2.24) is 0 Å². The van der Waals surface area contributed by atoms with Crippen molar-refractivity contribution in [3.63, 3.8) is 0 Å². The summed E-state index contributed by atoms with van der Waals surface area (Å²) < 4.78 is 23.1. The van der Waals surface area contributed by atoms with Crippen molar-refractivity contribution < 1.29 is 18.3 Å². The van der Waals surface area contributed by atoms with E-state index in [1.807, 2.05) is 11.9 Å². The van der Waals surface area contributed by atoms with Gasteiger partial charge in [-0.1, -0.05) is 6.07 Å². The molecule has 7 heteroatoms. The maximum absolute atomic E-state index is 11.5. The van der Waals surface area contributed by atoms with Crippen LogP contribution >= 0.6 is 0 Å². The van der Waals surface area contributed by atoms with E-state index in [9.17, 15) is 18.3 Å². The first-order chi connectivity index (χ1) is 9.37. The Morgan fingerprint density at radius 1 is 1.40 bits per heavy atom. The van der Waals surface area contributed by atoms with Crippen molar-refractivity contribution in [3.05, 3.63) is 23.8 Å². The maximum Gasteiger partial charge on any atom is 0.257 e. The molecule has 0 aromatic heterocycles. The zero-order chi connectivity index (χ0) is 14.5. The molecule has 2 atom stereocenters. The Labute approximate surface area is 117 Å². The van der Waals surface area contributed by atoms with Crippen molar-refractivity contribution >= 4 is 27.1 Å². The minimum absolute atomic E-state index is 0.0416. The summed E-state index contributed by atoms with van der Waals surface area (Å²) in [4.78, 5) is 13.3. The minimum atomic E-state index is -2.93. The molecule has 2 aliphatic rings. The topological polar surface area (TPSA) is 86.7 Å². The highest BCUT2D eigenvalue weighted by Crippen LogP contribution is 2.34. The molecule has 2 N–H and O–H groups in total. The number of carbonyl (C=O) groups is 1. The maximum atomic E-state index is 11.5. The molecule has 0 radical (unpaired) electrons. The summed E-state index contributed by atoms with van der Waals surface area (Å²) in [6.07, 6.45) is -0.499. The van der Waals surface area contributed by atoms with Gasteiger partial charge >= 0.3 is 0 Å². The molecule has 6 nitrogen and oxygen atoms in total. The van der Waals surface area contributed by atoms with Gasteiger partial charge in [-0.3, -0.25) is 4.79 Å². The number of carbonyl (C=O) groups excluding carboxylic acids is 1. The number of nitrogens with one attached hydrogen (secondary N) is 1. The highest BCUT2D eigenvalue weighted by Gasteiger charge is 2.32. The van der Waals surface area contributed by atoms with E-state index >= 15 is 0 Å². The number of anilines is 2. The molecular weight excluding hydrogens is 280 g/mol. The lowest BCUT2D eigenvalue weighted by molar-refractivity contribution is -0.123. The molecule has 2 heterocycles. The zero-order valence-electron chi connectivity index (χ0n) is 11.0. The van der Waals surface area contributed by atoms with Crippen LogP contribution in [0.4, 0.5) is 11.4 Å². The second-order valence-corrected chi connectivity index (χ2v) is 7.56. The van der Waals surface area contributed by atoms with Crippen LogP contribution in [-0.4, -0.2) is 44.0 Å². The Balaban J connectivity index is 1.86. The van der Waals surface area contributed by atoms with Crippen LogP contribution in [0, 0.1) is 0 Å². The molecule has 1 fully saturated rings. The predicted molar refractivity (Wildman–Crippen MR) is 75.5 cm³/mol. The Morgan fingerprint density at radius 3 is 2.80 bits per heavy atom. The van der Waals surface area contributed by atoms with Crippen molar-refractivity contribution in [3.8, 4) is 0 Å². The number of benzene rings is 1. The molecule has 1 aromatic rings. The van der Waals surface area contributed by atoms with Gasteiger partial charge in [0.15, 0.2) is 15.9 Å². The lowest BCUT2D eigenvalue weighted by Gasteiger charge is -2.26. The van der Waals surface area contributed by atoms with E-state index in [0.29, 0.717) is 17.7 Å². The highest BCUT2D eigenvalue weighted by atomic mass is 32.2. The van der Waals surface area contributed by atoms with E-state index in [0.717, 1.165) is 5.69 Å². The van der Waals surface area contributed by atoms with E-state index in [4.69, 9.17) is 0 Å². The third-order valence-electron chi connectivity index (χ3n) is 4.00. The zero-order valence-corrected chi connectivity index (χ0v) is 11.9. The van der Waals surface area contributed by atoms with Crippen molar-refractivity contribution in [1.29, 1.82) is 0 Å². The molecule has 1 saturated heterocycles. The fourth-order valence-corrected chi connectivity index (χ4v) is 4.52. The second kappa shape index (κ2) is 4.46. The molecular formula is C13H16N2O4S. The summed E-state index contributed by atoms with van der Waals surface area (Å²) in [6.45, 7) is 0. The molecule has 108 valence electrons. The van der Waals surface area contributed by atoms with E-state index in [-0.39, 0.29) is 17.5 Å². The van der Waals surface area contributed by atoms with Crippen LogP contribution in [-0.2, 0) is 14.6 Å². The lowest BCUT2D eigenvalue weighted by atomic mass is 10.1. The lowest BCUT2D eigenvalue weighted by Crippen LogP contribution is -2.32. The van der Waals surface area contributed by atoms with Crippen LogP contribution in [0.3, 0.4) is 0 Å². The SMILES string of the molecule is CN(c1ccc2c(c1)NC(=O)C2O)C1CCS(=O)(=O)C1. The molecule has 0 bridgehead atoms. The van der Waals surface area contributed by atoms with E-state index in [1.54, 1.807) is 18.2 Å². The van der Waals surface area contributed by atoms with Gasteiger partial charge in [0, 0.05) is 30.0 Å². The number of rotatable bonds is 2. The van der Waals surface area contributed by atoms with Gasteiger partial charge in [-0.15, -0.1) is 0 Å². The number of hydrogen-bond acceptors (Lipinski definition) is 5. The first kappa shape index (κ1) is 13.4. The fourth-order valence-electron chi connectivity index (χ4n) is 2.74. The standard InChI is InChI=1S/C13H16N2O4S/c1-15(9-4-5-20(18,19)7-9)8-2-3-10-11(6-8)14-13(17)12(10)16/h2-3,6,9,12,16H,4-5,7H2,1H3,(H,14,17). The molecule has 2 unspecified atom stereocenters. The van der Waals surface area contributed by atoms with Crippen LogP contribution in [0.2, 0.25) is 0 Å². The van der Waals surface area contributed by atoms with Gasteiger partial charge in [-0.25, -0.2) is 8.42 Å². The molecule has 20 heavy (non-hydrogen) atoms. The number of aliphatic hydroxyl groups is 1. The highest BCUT2D eigenvalue weighted by molar-refractivity contribution is 7.91. The van der Waals surface area contributed by atoms with Crippen molar-refractivity contribution in [2.45, 2.75) is 18.6 Å². The average Bonchev–Trinajstić information content (AvgIpc) is 2.89. The minimum Gasteiger partial charge on any atom is -0.378 e. The molecule has 0 spiro atoms. The molecule has 1 aromatic carbocycles. The van der Waals surface area contributed by atoms with Crippen LogP contribution in [0.5, 0.6) is 0 Å². The van der Waals surface area contributed by atoms with Crippen LogP contribution < -0.4 is 10.2 Å². The van der Waals surface area contributed by atoms with Crippen LogP contribution in [0.25, 0.3) is 0 Å². The predicted octanol–water partition coefficient (Wildman–Crippen LogP) is 0.295. The van der Waals surface area contributed by atoms with Crippen LogP contribution in [0.1, 0.15) is 18.1 Å².